The predicted molar refractivity (Wildman–Crippen MR) is 46.4 cm³/mol. The van der Waals surface area contributed by atoms with E-state index in [-0.39, 0.29) is 0 Å². The normalized spacial score (nSPS) is 11.7. The molecule has 1 N–H and O–H groups in total. The van der Waals surface area contributed by atoms with Gasteiger partial charge in [0.05, 0.1) is 6.10 Å². The number of likely N-dealkylation sites (N-methyl/N-ethyl adjacent to an activating group) is 1. The molecule has 64 valence electrons. The summed E-state index contributed by atoms with van der Waals surface area (Å²) in [7, 11) is 1.93. The van der Waals surface area contributed by atoms with E-state index in [1.165, 1.54) is 0 Å². The molecule has 2 heteroatoms. The van der Waals surface area contributed by atoms with Gasteiger partial charge in [-0.15, -0.1) is 0 Å². The second-order valence-electron chi connectivity index (χ2n) is 1.82. The Morgan fingerprint density at radius 2 is 1.90 bits per heavy atom. The Labute approximate surface area is 65.0 Å². The van der Waals surface area contributed by atoms with Crippen molar-refractivity contribution in [3.8, 4) is 0 Å². The van der Waals surface area contributed by atoms with Gasteiger partial charge in [-0.25, -0.2) is 0 Å². The summed E-state index contributed by atoms with van der Waals surface area (Å²) in [5.74, 6) is 0. The Hall–Kier alpha value is -0.0800. The van der Waals surface area contributed by atoms with E-state index in [4.69, 9.17) is 4.74 Å². The van der Waals surface area contributed by atoms with Crippen molar-refractivity contribution in [1.29, 1.82) is 0 Å². The van der Waals surface area contributed by atoms with Crippen molar-refractivity contribution >= 4 is 0 Å². The van der Waals surface area contributed by atoms with E-state index >= 15 is 0 Å². The fourth-order valence-corrected chi connectivity index (χ4v) is 0.631. The highest BCUT2D eigenvalue weighted by Gasteiger charge is 1.94. The second-order valence-corrected chi connectivity index (χ2v) is 1.82. The van der Waals surface area contributed by atoms with Crippen LogP contribution in [0, 0.1) is 0 Å². The van der Waals surface area contributed by atoms with E-state index in [1.54, 1.807) is 0 Å². The lowest BCUT2D eigenvalue weighted by atomic mass is 10.4. The summed E-state index contributed by atoms with van der Waals surface area (Å²) < 4.78 is 5.22. The van der Waals surface area contributed by atoms with Gasteiger partial charge in [0, 0.05) is 13.2 Å². The van der Waals surface area contributed by atoms with Crippen LogP contribution >= 0.6 is 0 Å². The van der Waals surface area contributed by atoms with Gasteiger partial charge in [0.2, 0.25) is 0 Å². The molecule has 0 bridgehead atoms. The SMILES string of the molecule is CC.CCOC(C)CNC. The van der Waals surface area contributed by atoms with Crippen molar-refractivity contribution in [1.82, 2.24) is 5.32 Å². The first-order valence-electron chi connectivity index (χ1n) is 4.07. The fourth-order valence-electron chi connectivity index (χ4n) is 0.631. The zero-order valence-corrected chi connectivity index (χ0v) is 7.90. The van der Waals surface area contributed by atoms with Gasteiger partial charge in [0.1, 0.15) is 0 Å². The molecule has 2 nitrogen and oxygen atoms in total. The average Bonchev–Trinajstić information content (AvgIpc) is 1.93. The van der Waals surface area contributed by atoms with Gasteiger partial charge in [-0.1, -0.05) is 13.8 Å². The van der Waals surface area contributed by atoms with Crippen molar-refractivity contribution in [2.75, 3.05) is 20.2 Å². The van der Waals surface area contributed by atoms with E-state index in [0.717, 1.165) is 13.2 Å². The third kappa shape index (κ3) is 10.8. The van der Waals surface area contributed by atoms with E-state index < -0.39 is 0 Å². The number of nitrogens with one attached hydrogen (secondary N) is 1. The van der Waals surface area contributed by atoms with Crippen LogP contribution in [0.1, 0.15) is 27.7 Å². The Balaban J connectivity index is 0. The van der Waals surface area contributed by atoms with Crippen LogP contribution in [0.15, 0.2) is 0 Å². The molecule has 0 saturated heterocycles. The van der Waals surface area contributed by atoms with Crippen LogP contribution in [0.3, 0.4) is 0 Å². The van der Waals surface area contributed by atoms with E-state index in [2.05, 4.69) is 12.2 Å². The maximum atomic E-state index is 5.22. The fraction of sp³-hybridized carbons (Fsp3) is 1.00. The highest BCUT2D eigenvalue weighted by atomic mass is 16.5. The van der Waals surface area contributed by atoms with Crippen LogP contribution in [0.25, 0.3) is 0 Å². The van der Waals surface area contributed by atoms with Crippen molar-refractivity contribution in [3.63, 3.8) is 0 Å². The Morgan fingerprint density at radius 1 is 1.40 bits per heavy atom. The van der Waals surface area contributed by atoms with Crippen LogP contribution in [0.4, 0.5) is 0 Å². The standard InChI is InChI=1S/C6H15NO.C2H6/c1-4-8-6(2)5-7-3;1-2/h6-7H,4-5H2,1-3H3;1-2H3. The molecule has 0 aliphatic rings. The molecule has 0 rings (SSSR count). The highest BCUT2D eigenvalue weighted by molar-refractivity contribution is 4.49. The van der Waals surface area contributed by atoms with Crippen LogP contribution in [0.5, 0.6) is 0 Å². The molecule has 0 aliphatic heterocycles. The van der Waals surface area contributed by atoms with Crippen LogP contribution in [0.2, 0.25) is 0 Å². The summed E-state index contributed by atoms with van der Waals surface area (Å²) in [6, 6.07) is 0. The first kappa shape index (κ1) is 12.6. The van der Waals surface area contributed by atoms with Gasteiger partial charge in [0.25, 0.3) is 0 Å². The summed E-state index contributed by atoms with van der Waals surface area (Å²) in [6.07, 6.45) is 0.352. The van der Waals surface area contributed by atoms with Crippen molar-refractivity contribution < 1.29 is 4.74 Å². The second kappa shape index (κ2) is 11.7. The van der Waals surface area contributed by atoms with Gasteiger partial charge in [0.15, 0.2) is 0 Å². The number of rotatable bonds is 4. The third-order valence-electron chi connectivity index (χ3n) is 0.943. The van der Waals surface area contributed by atoms with Gasteiger partial charge in [-0.3, -0.25) is 0 Å². The predicted octanol–water partition coefficient (Wildman–Crippen LogP) is 1.66. The van der Waals surface area contributed by atoms with E-state index in [1.807, 2.05) is 27.8 Å². The molecule has 10 heavy (non-hydrogen) atoms. The van der Waals surface area contributed by atoms with Crippen molar-refractivity contribution in [3.05, 3.63) is 0 Å². The molecular weight excluding hydrogens is 126 g/mol. The molecule has 0 aliphatic carbocycles. The summed E-state index contributed by atoms with van der Waals surface area (Å²) in [5.41, 5.74) is 0. The molecule has 0 amide bonds. The molecule has 0 saturated carbocycles. The van der Waals surface area contributed by atoms with Crippen molar-refractivity contribution in [2.45, 2.75) is 33.8 Å². The van der Waals surface area contributed by atoms with Gasteiger partial charge in [-0.05, 0) is 20.9 Å². The highest BCUT2D eigenvalue weighted by Crippen LogP contribution is 1.85. The molecule has 1 unspecified atom stereocenters. The lowest BCUT2D eigenvalue weighted by Crippen LogP contribution is -2.23. The smallest absolute Gasteiger partial charge is 0.0671 e. The zero-order valence-electron chi connectivity index (χ0n) is 7.90. The minimum Gasteiger partial charge on any atom is -0.377 e. The molecule has 0 aromatic rings. The molecule has 0 radical (unpaired) electrons. The van der Waals surface area contributed by atoms with Crippen LogP contribution in [-0.2, 0) is 4.74 Å². The van der Waals surface area contributed by atoms with Crippen molar-refractivity contribution in [2.24, 2.45) is 0 Å². The average molecular weight is 147 g/mol. The Morgan fingerprint density at radius 3 is 2.20 bits per heavy atom. The lowest BCUT2D eigenvalue weighted by molar-refractivity contribution is 0.0776. The van der Waals surface area contributed by atoms with E-state index in [0.29, 0.717) is 6.10 Å². The summed E-state index contributed by atoms with van der Waals surface area (Å²) in [4.78, 5) is 0. The number of ether oxygens (including phenoxy) is 1. The lowest BCUT2D eigenvalue weighted by Gasteiger charge is -2.08. The molecule has 0 aromatic carbocycles. The minimum absolute atomic E-state index is 0.352. The Kier molecular flexibility index (Phi) is 14.7. The monoisotopic (exact) mass is 147 g/mol. The first-order chi connectivity index (χ1) is 4.81. The van der Waals surface area contributed by atoms with Gasteiger partial charge < -0.3 is 10.1 Å². The third-order valence-corrected chi connectivity index (χ3v) is 0.943. The summed E-state index contributed by atoms with van der Waals surface area (Å²) in [6.45, 7) is 9.81. The largest absolute Gasteiger partial charge is 0.377 e. The molecule has 0 aromatic heterocycles. The molecule has 0 heterocycles. The quantitative estimate of drug-likeness (QED) is 0.653. The number of hydrogen-bond donors (Lipinski definition) is 1. The maximum Gasteiger partial charge on any atom is 0.0671 e. The molecule has 0 spiro atoms. The molecule has 0 fully saturated rings. The zero-order chi connectivity index (χ0) is 8.41. The maximum absolute atomic E-state index is 5.22. The van der Waals surface area contributed by atoms with Crippen LogP contribution < -0.4 is 5.32 Å². The number of hydrogen-bond acceptors (Lipinski definition) is 2. The van der Waals surface area contributed by atoms with Crippen LogP contribution in [-0.4, -0.2) is 26.3 Å². The topological polar surface area (TPSA) is 21.3 Å². The molecular formula is C8H21NO. The van der Waals surface area contributed by atoms with Gasteiger partial charge >= 0.3 is 0 Å². The minimum atomic E-state index is 0.352. The Bertz CT molecular complexity index is 42.5. The first-order valence-corrected chi connectivity index (χ1v) is 4.07. The van der Waals surface area contributed by atoms with E-state index in [9.17, 15) is 0 Å². The summed E-state index contributed by atoms with van der Waals surface area (Å²) in [5, 5.41) is 3.03. The van der Waals surface area contributed by atoms with Gasteiger partial charge in [-0.2, -0.15) is 0 Å². The molecule has 1 atom stereocenters. The summed E-state index contributed by atoms with van der Waals surface area (Å²) >= 11 is 0.